The van der Waals surface area contributed by atoms with Gasteiger partial charge in [-0.05, 0) is 36.8 Å². The molecule has 28 heavy (non-hydrogen) atoms. The van der Waals surface area contributed by atoms with Crippen LogP contribution in [0.25, 0.3) is 0 Å². The number of hydrogen-bond acceptors (Lipinski definition) is 4. The van der Waals surface area contributed by atoms with Gasteiger partial charge in [0.05, 0.1) is 10.5 Å². The largest absolute Gasteiger partial charge is 0.434 e. The van der Waals surface area contributed by atoms with Gasteiger partial charge in [0.2, 0.25) is 10.0 Å². The molecule has 0 atom stereocenters. The topological polar surface area (TPSA) is 75.7 Å². The Labute approximate surface area is 163 Å². The fourth-order valence-electron chi connectivity index (χ4n) is 2.71. The highest BCUT2D eigenvalue weighted by Gasteiger charge is 2.24. The minimum Gasteiger partial charge on any atom is -0.434 e. The number of anilines is 1. The molecule has 0 heterocycles. The second-order valence-corrected chi connectivity index (χ2v) is 7.80. The molecule has 6 nitrogen and oxygen atoms in total. The quantitative estimate of drug-likeness (QED) is 0.714. The monoisotopic (exact) mass is 412 g/mol. The fourth-order valence-corrected chi connectivity index (χ4v) is 4.42. The van der Waals surface area contributed by atoms with E-state index in [9.17, 15) is 22.0 Å². The van der Waals surface area contributed by atoms with Gasteiger partial charge in [-0.15, -0.1) is 0 Å². The van der Waals surface area contributed by atoms with Crippen LogP contribution in [0.3, 0.4) is 0 Å². The molecule has 0 radical (unpaired) electrons. The van der Waals surface area contributed by atoms with Gasteiger partial charge in [0.25, 0.3) is 5.91 Å². The molecule has 2 rings (SSSR count). The number of carbonyl (C=O) groups is 1. The first-order valence-electron chi connectivity index (χ1n) is 8.66. The van der Waals surface area contributed by atoms with E-state index in [0.717, 1.165) is 0 Å². The summed E-state index contributed by atoms with van der Waals surface area (Å²) in [4.78, 5) is 12.6. The molecular formula is C19H22F2N2O4S. The molecule has 1 N–H and O–H groups in total. The lowest BCUT2D eigenvalue weighted by Gasteiger charge is -2.20. The van der Waals surface area contributed by atoms with Crippen molar-refractivity contribution < 1.29 is 26.7 Å². The third kappa shape index (κ3) is 4.85. The Bertz CT molecular complexity index is 945. The number of sulfonamides is 1. The molecule has 9 heteroatoms. The summed E-state index contributed by atoms with van der Waals surface area (Å²) in [6, 6.07) is 10.1. The van der Waals surface area contributed by atoms with Crippen molar-refractivity contribution in [2.75, 3.05) is 18.4 Å². The maximum Gasteiger partial charge on any atom is 0.387 e. The van der Waals surface area contributed by atoms with E-state index in [1.807, 2.05) is 0 Å². The predicted octanol–water partition coefficient (Wildman–Crippen LogP) is 3.88. The van der Waals surface area contributed by atoms with Crippen molar-refractivity contribution in [3.63, 3.8) is 0 Å². The zero-order chi connectivity index (χ0) is 20.9. The number of carbonyl (C=O) groups excluding carboxylic acids is 1. The van der Waals surface area contributed by atoms with E-state index in [4.69, 9.17) is 0 Å². The molecular weight excluding hydrogens is 390 g/mol. The lowest BCUT2D eigenvalue weighted by Crippen LogP contribution is -2.31. The molecule has 2 aromatic carbocycles. The van der Waals surface area contributed by atoms with Gasteiger partial charge < -0.3 is 10.1 Å². The minimum atomic E-state index is -3.72. The molecule has 0 aliphatic carbocycles. The third-order valence-electron chi connectivity index (χ3n) is 4.12. The Morgan fingerprint density at radius 3 is 2.39 bits per heavy atom. The van der Waals surface area contributed by atoms with Crippen molar-refractivity contribution in [3.8, 4) is 5.75 Å². The number of ether oxygens (including phenoxy) is 1. The molecule has 1 amide bonds. The molecule has 0 fully saturated rings. The van der Waals surface area contributed by atoms with Gasteiger partial charge in [-0.1, -0.05) is 32.0 Å². The number of rotatable bonds is 8. The summed E-state index contributed by atoms with van der Waals surface area (Å²) in [5.41, 5.74) is 0.677. The summed E-state index contributed by atoms with van der Waals surface area (Å²) in [5.74, 6) is -0.954. The lowest BCUT2D eigenvalue weighted by atomic mass is 10.1. The van der Waals surface area contributed by atoms with Gasteiger partial charge in [-0.3, -0.25) is 4.79 Å². The highest BCUT2D eigenvalue weighted by atomic mass is 32.2. The number of aryl methyl sites for hydroxylation is 1. The van der Waals surface area contributed by atoms with Crippen LogP contribution in [-0.4, -0.2) is 38.3 Å². The second kappa shape index (κ2) is 9.11. The van der Waals surface area contributed by atoms with Crippen molar-refractivity contribution >= 4 is 21.6 Å². The van der Waals surface area contributed by atoms with Crippen molar-refractivity contribution in [3.05, 3.63) is 53.6 Å². The highest BCUT2D eigenvalue weighted by molar-refractivity contribution is 7.89. The van der Waals surface area contributed by atoms with E-state index >= 15 is 0 Å². The molecule has 0 aliphatic rings. The molecule has 152 valence electrons. The van der Waals surface area contributed by atoms with Gasteiger partial charge >= 0.3 is 6.61 Å². The summed E-state index contributed by atoms with van der Waals surface area (Å²) in [6.07, 6.45) is 0. The van der Waals surface area contributed by atoms with Crippen LogP contribution in [0.1, 0.15) is 29.8 Å². The van der Waals surface area contributed by atoms with Crippen molar-refractivity contribution in [2.45, 2.75) is 32.3 Å². The summed E-state index contributed by atoms with van der Waals surface area (Å²) in [6.45, 7) is 2.69. The van der Waals surface area contributed by atoms with Gasteiger partial charge in [0, 0.05) is 18.8 Å². The summed E-state index contributed by atoms with van der Waals surface area (Å²) < 4.78 is 56.4. The third-order valence-corrected chi connectivity index (χ3v) is 6.31. The maximum atomic E-state index is 12.8. The minimum absolute atomic E-state index is 0.0751. The number of nitrogens with one attached hydrogen (secondary N) is 1. The van der Waals surface area contributed by atoms with Crippen molar-refractivity contribution in [1.29, 1.82) is 0 Å². The Kier molecular flexibility index (Phi) is 7.09. The van der Waals surface area contributed by atoms with Gasteiger partial charge in [0.1, 0.15) is 5.75 Å². The average molecular weight is 412 g/mol. The summed E-state index contributed by atoms with van der Waals surface area (Å²) >= 11 is 0. The predicted molar refractivity (Wildman–Crippen MR) is 102 cm³/mol. The summed E-state index contributed by atoms with van der Waals surface area (Å²) in [7, 11) is -3.72. The Balaban J connectivity index is 2.35. The van der Waals surface area contributed by atoms with E-state index in [0.29, 0.717) is 18.7 Å². The number of nitrogens with zero attached hydrogens (tertiary/aromatic N) is 1. The highest BCUT2D eigenvalue weighted by Crippen LogP contribution is 2.25. The normalized spacial score (nSPS) is 11.7. The van der Waals surface area contributed by atoms with Crippen LogP contribution in [0.2, 0.25) is 0 Å². The molecule has 0 saturated carbocycles. The average Bonchev–Trinajstić information content (AvgIpc) is 2.63. The van der Waals surface area contributed by atoms with Gasteiger partial charge in [-0.25, -0.2) is 8.42 Å². The number of alkyl halides is 2. The zero-order valence-electron chi connectivity index (χ0n) is 15.8. The van der Waals surface area contributed by atoms with E-state index in [1.165, 1.54) is 34.6 Å². The Morgan fingerprint density at radius 2 is 1.79 bits per heavy atom. The van der Waals surface area contributed by atoms with Crippen LogP contribution < -0.4 is 10.1 Å². The lowest BCUT2D eigenvalue weighted by molar-refractivity contribution is -0.0501. The number of amides is 1. The van der Waals surface area contributed by atoms with Gasteiger partial charge in [-0.2, -0.15) is 13.1 Å². The van der Waals surface area contributed by atoms with Crippen LogP contribution in [-0.2, 0) is 10.0 Å². The molecule has 0 aliphatic heterocycles. The molecule has 0 bridgehead atoms. The molecule has 0 saturated heterocycles. The molecule has 2 aromatic rings. The maximum absolute atomic E-state index is 12.8. The van der Waals surface area contributed by atoms with Crippen LogP contribution in [0.5, 0.6) is 5.75 Å². The smallest absolute Gasteiger partial charge is 0.387 e. The zero-order valence-corrected chi connectivity index (χ0v) is 16.6. The number of benzene rings is 2. The number of halogens is 2. The Hall–Kier alpha value is -2.52. The van der Waals surface area contributed by atoms with Crippen molar-refractivity contribution in [2.24, 2.45) is 0 Å². The summed E-state index contributed by atoms with van der Waals surface area (Å²) in [5, 5.41) is 2.54. The first-order valence-corrected chi connectivity index (χ1v) is 10.1. The van der Waals surface area contributed by atoms with E-state index in [1.54, 1.807) is 32.9 Å². The SMILES string of the molecule is CCN(CC)S(=O)(=O)c1cc(NC(=O)c2ccccc2OC(F)F)ccc1C. The molecule has 0 aromatic heterocycles. The molecule has 0 unspecified atom stereocenters. The van der Waals surface area contributed by atoms with E-state index < -0.39 is 22.5 Å². The number of para-hydroxylation sites is 1. The fraction of sp³-hybridized carbons (Fsp3) is 0.316. The Morgan fingerprint density at radius 1 is 1.14 bits per heavy atom. The first-order chi connectivity index (χ1) is 13.2. The van der Waals surface area contributed by atoms with Crippen LogP contribution in [0.4, 0.5) is 14.5 Å². The van der Waals surface area contributed by atoms with Crippen LogP contribution in [0.15, 0.2) is 47.4 Å². The second-order valence-electron chi connectivity index (χ2n) is 5.90. The van der Waals surface area contributed by atoms with Crippen molar-refractivity contribution in [1.82, 2.24) is 4.31 Å². The van der Waals surface area contributed by atoms with Crippen LogP contribution in [0, 0.1) is 6.92 Å². The van der Waals surface area contributed by atoms with Crippen LogP contribution >= 0.6 is 0 Å². The number of hydrogen-bond donors (Lipinski definition) is 1. The first kappa shape index (κ1) is 21.8. The van der Waals surface area contributed by atoms with E-state index in [2.05, 4.69) is 10.1 Å². The standard InChI is InChI=1S/C19H22F2N2O4S/c1-4-23(5-2)28(25,26)17-12-14(11-10-13(17)3)22-18(24)15-8-6-7-9-16(15)27-19(20)21/h6-12,19H,4-5H2,1-3H3,(H,22,24). The van der Waals surface area contributed by atoms with Gasteiger partial charge in [0.15, 0.2) is 0 Å². The van der Waals surface area contributed by atoms with E-state index in [-0.39, 0.29) is 21.9 Å². The molecule has 0 spiro atoms.